The zero-order valence-electron chi connectivity index (χ0n) is 9.35. The van der Waals surface area contributed by atoms with Crippen LogP contribution in [-0.4, -0.2) is 17.1 Å². The minimum atomic E-state index is 0.188. The average molecular weight is 286 g/mol. The number of aromatic nitrogens is 2. The molecule has 0 fully saturated rings. The van der Waals surface area contributed by atoms with Crippen molar-refractivity contribution in [1.29, 1.82) is 0 Å². The van der Waals surface area contributed by atoms with Gasteiger partial charge in [-0.05, 0) is 18.2 Å². The molecule has 1 heterocycles. The second-order valence-electron chi connectivity index (χ2n) is 3.27. The number of rotatable bonds is 3. The van der Waals surface area contributed by atoms with Gasteiger partial charge in [-0.1, -0.05) is 23.2 Å². The third-order valence-corrected chi connectivity index (χ3v) is 2.63. The number of benzene rings is 1. The Morgan fingerprint density at radius 1 is 1.22 bits per heavy atom. The SMILES string of the molecule is COc1c(N)ncnc1Oc1ccc(Cl)cc1Cl. The highest BCUT2D eigenvalue weighted by Gasteiger charge is 2.13. The molecule has 0 radical (unpaired) electrons. The van der Waals surface area contributed by atoms with Crippen LogP contribution in [-0.2, 0) is 0 Å². The van der Waals surface area contributed by atoms with Gasteiger partial charge in [-0.25, -0.2) is 4.98 Å². The van der Waals surface area contributed by atoms with Crippen molar-refractivity contribution >= 4 is 29.0 Å². The fraction of sp³-hybridized carbons (Fsp3) is 0.0909. The molecule has 0 aliphatic carbocycles. The molecule has 1 aromatic carbocycles. The fourth-order valence-electron chi connectivity index (χ4n) is 1.30. The predicted molar refractivity (Wildman–Crippen MR) is 69.5 cm³/mol. The van der Waals surface area contributed by atoms with Crippen LogP contribution in [0, 0.1) is 0 Å². The lowest BCUT2D eigenvalue weighted by Crippen LogP contribution is -2.00. The largest absolute Gasteiger partial charge is 0.489 e. The first-order valence-corrected chi connectivity index (χ1v) is 5.64. The monoisotopic (exact) mass is 285 g/mol. The molecule has 0 spiro atoms. The van der Waals surface area contributed by atoms with Crippen molar-refractivity contribution in [2.75, 3.05) is 12.8 Å². The van der Waals surface area contributed by atoms with Crippen LogP contribution >= 0.6 is 23.2 Å². The number of nitrogen functional groups attached to an aromatic ring is 1. The molecule has 18 heavy (non-hydrogen) atoms. The second kappa shape index (κ2) is 5.29. The summed E-state index contributed by atoms with van der Waals surface area (Å²) >= 11 is 11.8. The van der Waals surface area contributed by atoms with E-state index in [2.05, 4.69) is 9.97 Å². The van der Waals surface area contributed by atoms with Gasteiger partial charge < -0.3 is 15.2 Å². The number of nitrogens with zero attached hydrogens (tertiary/aromatic N) is 2. The van der Waals surface area contributed by atoms with Crippen LogP contribution in [0.1, 0.15) is 0 Å². The summed E-state index contributed by atoms with van der Waals surface area (Å²) in [6, 6.07) is 4.84. The third-order valence-electron chi connectivity index (χ3n) is 2.10. The van der Waals surface area contributed by atoms with E-state index in [4.69, 9.17) is 38.4 Å². The van der Waals surface area contributed by atoms with E-state index in [1.54, 1.807) is 18.2 Å². The van der Waals surface area contributed by atoms with Gasteiger partial charge in [0.05, 0.1) is 12.1 Å². The van der Waals surface area contributed by atoms with Crippen molar-refractivity contribution in [3.8, 4) is 17.4 Å². The van der Waals surface area contributed by atoms with Gasteiger partial charge in [-0.15, -0.1) is 0 Å². The first-order chi connectivity index (χ1) is 8.61. The Balaban J connectivity index is 2.37. The maximum atomic E-state index is 5.99. The van der Waals surface area contributed by atoms with Crippen molar-refractivity contribution in [3.05, 3.63) is 34.6 Å². The molecule has 0 bridgehead atoms. The summed E-state index contributed by atoms with van der Waals surface area (Å²) in [7, 11) is 1.45. The molecule has 5 nitrogen and oxygen atoms in total. The molecule has 2 rings (SSSR count). The van der Waals surface area contributed by atoms with Crippen molar-refractivity contribution in [2.45, 2.75) is 0 Å². The van der Waals surface area contributed by atoms with E-state index < -0.39 is 0 Å². The van der Waals surface area contributed by atoms with E-state index in [9.17, 15) is 0 Å². The molecule has 2 aromatic rings. The standard InChI is InChI=1S/C11H9Cl2N3O2/c1-17-9-10(14)15-5-16-11(9)18-8-3-2-6(12)4-7(8)13/h2-5H,1H3,(H2,14,15,16). The topological polar surface area (TPSA) is 70.3 Å². The molecule has 0 saturated heterocycles. The van der Waals surface area contributed by atoms with Crippen LogP contribution in [0.15, 0.2) is 24.5 Å². The number of hydrogen-bond acceptors (Lipinski definition) is 5. The molecule has 1 aromatic heterocycles. The van der Waals surface area contributed by atoms with Crippen LogP contribution in [0.5, 0.6) is 17.4 Å². The van der Waals surface area contributed by atoms with E-state index in [0.717, 1.165) is 0 Å². The smallest absolute Gasteiger partial charge is 0.268 e. The van der Waals surface area contributed by atoms with Gasteiger partial charge in [0.2, 0.25) is 5.75 Å². The molecular weight excluding hydrogens is 277 g/mol. The van der Waals surface area contributed by atoms with E-state index in [-0.39, 0.29) is 17.4 Å². The third kappa shape index (κ3) is 2.57. The summed E-state index contributed by atoms with van der Waals surface area (Å²) in [5, 5.41) is 0.878. The zero-order chi connectivity index (χ0) is 13.1. The number of halogens is 2. The zero-order valence-corrected chi connectivity index (χ0v) is 10.9. The highest BCUT2D eigenvalue weighted by Crippen LogP contribution is 2.36. The summed E-state index contributed by atoms with van der Waals surface area (Å²) in [6.45, 7) is 0. The first-order valence-electron chi connectivity index (χ1n) is 4.89. The highest BCUT2D eigenvalue weighted by atomic mass is 35.5. The van der Waals surface area contributed by atoms with Gasteiger partial charge in [-0.3, -0.25) is 0 Å². The number of hydrogen-bond donors (Lipinski definition) is 1. The lowest BCUT2D eigenvalue weighted by molar-refractivity contribution is 0.369. The van der Waals surface area contributed by atoms with Gasteiger partial charge in [-0.2, -0.15) is 4.98 Å². The molecular formula is C11H9Cl2N3O2. The van der Waals surface area contributed by atoms with Gasteiger partial charge in [0.25, 0.3) is 5.88 Å². The Hall–Kier alpha value is -1.72. The quantitative estimate of drug-likeness (QED) is 0.938. The maximum Gasteiger partial charge on any atom is 0.268 e. The normalized spacial score (nSPS) is 10.2. The van der Waals surface area contributed by atoms with Crippen LogP contribution < -0.4 is 15.2 Å². The van der Waals surface area contributed by atoms with E-state index in [0.29, 0.717) is 15.8 Å². The van der Waals surface area contributed by atoms with Gasteiger partial charge in [0.1, 0.15) is 12.1 Å². The van der Waals surface area contributed by atoms with Crippen LogP contribution in [0.25, 0.3) is 0 Å². The Bertz CT molecular complexity index is 578. The molecule has 0 aliphatic heterocycles. The summed E-state index contributed by atoms with van der Waals surface area (Å²) in [4.78, 5) is 7.74. The summed E-state index contributed by atoms with van der Waals surface area (Å²) in [6.07, 6.45) is 1.27. The molecule has 0 amide bonds. The Morgan fingerprint density at radius 2 is 2.00 bits per heavy atom. The number of ether oxygens (including phenoxy) is 2. The molecule has 94 valence electrons. The van der Waals surface area contributed by atoms with Gasteiger partial charge in [0.15, 0.2) is 5.82 Å². The van der Waals surface area contributed by atoms with Crippen LogP contribution in [0.2, 0.25) is 10.0 Å². The molecule has 0 aliphatic rings. The fourth-order valence-corrected chi connectivity index (χ4v) is 1.74. The van der Waals surface area contributed by atoms with E-state index in [1.807, 2.05) is 0 Å². The Kier molecular flexibility index (Phi) is 3.74. The second-order valence-corrected chi connectivity index (χ2v) is 4.12. The molecule has 2 N–H and O–H groups in total. The minimum absolute atomic E-state index is 0.188. The minimum Gasteiger partial charge on any atom is -0.489 e. The lowest BCUT2D eigenvalue weighted by atomic mass is 10.3. The van der Waals surface area contributed by atoms with Crippen LogP contribution in [0.3, 0.4) is 0 Å². The summed E-state index contributed by atoms with van der Waals surface area (Å²) in [5.74, 6) is 1.03. The summed E-state index contributed by atoms with van der Waals surface area (Å²) in [5.41, 5.74) is 5.64. The lowest BCUT2D eigenvalue weighted by Gasteiger charge is -2.10. The average Bonchev–Trinajstić information content (AvgIpc) is 2.33. The highest BCUT2D eigenvalue weighted by molar-refractivity contribution is 6.35. The van der Waals surface area contributed by atoms with Crippen molar-refractivity contribution < 1.29 is 9.47 Å². The van der Waals surface area contributed by atoms with Crippen molar-refractivity contribution in [1.82, 2.24) is 9.97 Å². The van der Waals surface area contributed by atoms with Gasteiger partial charge in [0, 0.05) is 5.02 Å². The number of methoxy groups -OCH3 is 1. The molecule has 0 saturated carbocycles. The van der Waals surface area contributed by atoms with Crippen molar-refractivity contribution in [3.63, 3.8) is 0 Å². The molecule has 0 unspecified atom stereocenters. The molecule has 7 heteroatoms. The molecule has 0 atom stereocenters. The summed E-state index contributed by atoms with van der Waals surface area (Å²) < 4.78 is 10.6. The first kappa shape index (κ1) is 12.7. The maximum absolute atomic E-state index is 5.99. The number of anilines is 1. The van der Waals surface area contributed by atoms with Crippen LogP contribution in [0.4, 0.5) is 5.82 Å². The Labute approximate surface area is 113 Å². The number of nitrogens with two attached hydrogens (primary N) is 1. The predicted octanol–water partition coefficient (Wildman–Crippen LogP) is 3.17. The Morgan fingerprint density at radius 3 is 2.67 bits per heavy atom. The van der Waals surface area contributed by atoms with E-state index in [1.165, 1.54) is 13.4 Å². The van der Waals surface area contributed by atoms with Gasteiger partial charge >= 0.3 is 0 Å². The van der Waals surface area contributed by atoms with E-state index >= 15 is 0 Å². The van der Waals surface area contributed by atoms with Crippen molar-refractivity contribution in [2.24, 2.45) is 0 Å².